The molecule has 0 aliphatic heterocycles. The van der Waals surface area contributed by atoms with Gasteiger partial charge in [0.15, 0.2) is 0 Å². The predicted octanol–water partition coefficient (Wildman–Crippen LogP) is 2.82. The molecule has 0 aromatic heterocycles. The summed E-state index contributed by atoms with van der Waals surface area (Å²) in [6.45, 7) is 1.01. The van der Waals surface area contributed by atoms with Gasteiger partial charge in [0, 0.05) is 11.6 Å². The fourth-order valence-electron chi connectivity index (χ4n) is 1.20. The van der Waals surface area contributed by atoms with Crippen molar-refractivity contribution >= 4 is 5.91 Å². The number of halogens is 2. The van der Waals surface area contributed by atoms with Crippen LogP contribution in [0.3, 0.4) is 0 Å². The van der Waals surface area contributed by atoms with Gasteiger partial charge in [-0.25, -0.2) is 0 Å². The molecule has 1 N–H and O–H groups in total. The summed E-state index contributed by atoms with van der Waals surface area (Å²) in [6.07, 6.45) is 0.832. The van der Waals surface area contributed by atoms with E-state index in [1.54, 1.807) is 0 Å². The number of benzene rings is 1. The molecule has 0 radical (unpaired) electrons. The largest absolute Gasteiger partial charge is 0.435 e. The van der Waals surface area contributed by atoms with Crippen LogP contribution < -0.4 is 10.1 Å². The van der Waals surface area contributed by atoms with Gasteiger partial charge in [0.05, 0.1) is 0 Å². The number of alkyl halides is 2. The maximum absolute atomic E-state index is 11.9. The smallest absolute Gasteiger partial charge is 0.387 e. The zero-order chi connectivity index (χ0) is 12.8. The lowest BCUT2D eigenvalue weighted by molar-refractivity contribution is -0.0498. The van der Waals surface area contributed by atoms with Crippen molar-refractivity contribution in [2.24, 2.45) is 0 Å². The standard InChI is InChI=1S/C12H15F2NO2/c1-3-8(2)15-11(16)9-4-6-10(7-5-9)17-12(13)14/h4-8,12H,3H2,1-2H3,(H,15,16)/t8-/m1/s1. The third-order valence-corrected chi connectivity index (χ3v) is 2.33. The Hall–Kier alpha value is -1.65. The molecule has 0 heterocycles. The number of amides is 1. The molecule has 0 saturated carbocycles. The van der Waals surface area contributed by atoms with Crippen LogP contribution in [0.4, 0.5) is 8.78 Å². The third-order valence-electron chi connectivity index (χ3n) is 2.33. The van der Waals surface area contributed by atoms with E-state index in [-0.39, 0.29) is 17.7 Å². The fraction of sp³-hybridized carbons (Fsp3) is 0.417. The van der Waals surface area contributed by atoms with Gasteiger partial charge < -0.3 is 10.1 Å². The van der Waals surface area contributed by atoms with Crippen molar-refractivity contribution in [3.05, 3.63) is 29.8 Å². The van der Waals surface area contributed by atoms with E-state index in [0.29, 0.717) is 5.56 Å². The van der Waals surface area contributed by atoms with Crippen molar-refractivity contribution in [3.8, 4) is 5.75 Å². The van der Waals surface area contributed by atoms with Crippen molar-refractivity contribution in [1.29, 1.82) is 0 Å². The molecule has 1 atom stereocenters. The molecule has 0 fully saturated rings. The van der Waals surface area contributed by atoms with Crippen LogP contribution in [0.1, 0.15) is 30.6 Å². The lowest BCUT2D eigenvalue weighted by Gasteiger charge is -2.11. The number of carbonyl (C=O) groups is 1. The summed E-state index contributed by atoms with van der Waals surface area (Å²) in [4.78, 5) is 11.6. The van der Waals surface area contributed by atoms with E-state index in [1.807, 2.05) is 13.8 Å². The van der Waals surface area contributed by atoms with Crippen LogP contribution in [0.15, 0.2) is 24.3 Å². The molecule has 0 aliphatic rings. The van der Waals surface area contributed by atoms with Crippen LogP contribution in [0.2, 0.25) is 0 Å². The molecule has 0 unspecified atom stereocenters. The lowest BCUT2D eigenvalue weighted by Crippen LogP contribution is -2.31. The highest BCUT2D eigenvalue weighted by molar-refractivity contribution is 5.94. The van der Waals surface area contributed by atoms with Gasteiger partial charge in [-0.15, -0.1) is 0 Å². The highest BCUT2D eigenvalue weighted by atomic mass is 19.3. The van der Waals surface area contributed by atoms with Crippen molar-refractivity contribution < 1.29 is 18.3 Å². The van der Waals surface area contributed by atoms with Crippen molar-refractivity contribution in [1.82, 2.24) is 5.32 Å². The average molecular weight is 243 g/mol. The van der Waals surface area contributed by atoms with E-state index < -0.39 is 6.61 Å². The fourth-order valence-corrected chi connectivity index (χ4v) is 1.20. The normalized spacial score (nSPS) is 12.3. The summed E-state index contributed by atoms with van der Waals surface area (Å²) < 4.78 is 28.0. The van der Waals surface area contributed by atoms with Crippen LogP contribution in [0.5, 0.6) is 5.75 Å². The van der Waals surface area contributed by atoms with Crippen LogP contribution in [0.25, 0.3) is 0 Å². The van der Waals surface area contributed by atoms with Gasteiger partial charge in [0.1, 0.15) is 5.75 Å². The summed E-state index contributed by atoms with van der Waals surface area (Å²) >= 11 is 0. The quantitative estimate of drug-likeness (QED) is 0.863. The van der Waals surface area contributed by atoms with E-state index in [0.717, 1.165) is 6.42 Å². The van der Waals surface area contributed by atoms with Crippen LogP contribution in [-0.4, -0.2) is 18.6 Å². The number of hydrogen-bond acceptors (Lipinski definition) is 2. The molecule has 1 aromatic carbocycles. The van der Waals surface area contributed by atoms with Crippen molar-refractivity contribution in [2.75, 3.05) is 0 Å². The van der Waals surface area contributed by atoms with E-state index in [2.05, 4.69) is 10.1 Å². The van der Waals surface area contributed by atoms with E-state index >= 15 is 0 Å². The molecule has 1 rings (SSSR count). The maximum Gasteiger partial charge on any atom is 0.387 e. The van der Waals surface area contributed by atoms with E-state index in [9.17, 15) is 13.6 Å². The summed E-state index contributed by atoms with van der Waals surface area (Å²) in [5, 5.41) is 2.78. The summed E-state index contributed by atoms with van der Waals surface area (Å²) in [7, 11) is 0. The minimum atomic E-state index is -2.85. The van der Waals surface area contributed by atoms with Crippen LogP contribution in [-0.2, 0) is 0 Å². The average Bonchev–Trinajstić information content (AvgIpc) is 2.28. The molecule has 17 heavy (non-hydrogen) atoms. The van der Waals surface area contributed by atoms with Gasteiger partial charge in [-0.2, -0.15) is 8.78 Å². The monoisotopic (exact) mass is 243 g/mol. The Balaban J connectivity index is 2.64. The molecule has 94 valence electrons. The zero-order valence-corrected chi connectivity index (χ0v) is 9.74. The molecular formula is C12H15F2NO2. The summed E-state index contributed by atoms with van der Waals surface area (Å²) in [6, 6.07) is 5.68. The first kappa shape index (κ1) is 13.4. The van der Waals surface area contributed by atoms with Gasteiger partial charge in [0.2, 0.25) is 0 Å². The van der Waals surface area contributed by atoms with Gasteiger partial charge >= 0.3 is 6.61 Å². The Kier molecular flexibility index (Phi) is 4.87. The molecule has 3 nitrogen and oxygen atoms in total. The SMILES string of the molecule is CC[C@@H](C)NC(=O)c1ccc(OC(F)F)cc1. The lowest BCUT2D eigenvalue weighted by atomic mass is 10.2. The topological polar surface area (TPSA) is 38.3 Å². The second-order valence-electron chi connectivity index (χ2n) is 3.69. The highest BCUT2D eigenvalue weighted by Gasteiger charge is 2.09. The summed E-state index contributed by atoms with van der Waals surface area (Å²) in [5.41, 5.74) is 0.423. The van der Waals surface area contributed by atoms with E-state index in [1.165, 1.54) is 24.3 Å². The number of ether oxygens (including phenoxy) is 1. The molecule has 0 aliphatic carbocycles. The Morgan fingerprint density at radius 1 is 1.35 bits per heavy atom. The second-order valence-corrected chi connectivity index (χ2v) is 3.69. The van der Waals surface area contributed by atoms with Crippen LogP contribution >= 0.6 is 0 Å². The van der Waals surface area contributed by atoms with Gasteiger partial charge in [-0.3, -0.25) is 4.79 Å². The number of carbonyl (C=O) groups excluding carboxylic acids is 1. The number of rotatable bonds is 5. The maximum atomic E-state index is 11.9. The Labute approximate surface area is 98.8 Å². The number of nitrogens with one attached hydrogen (secondary N) is 1. The molecule has 1 aromatic rings. The first-order chi connectivity index (χ1) is 8.02. The molecule has 5 heteroatoms. The van der Waals surface area contributed by atoms with Crippen LogP contribution in [0, 0.1) is 0 Å². The predicted molar refractivity (Wildman–Crippen MR) is 60.3 cm³/mol. The van der Waals surface area contributed by atoms with Crippen molar-refractivity contribution in [3.63, 3.8) is 0 Å². The van der Waals surface area contributed by atoms with Gasteiger partial charge in [0.25, 0.3) is 5.91 Å². The second kappa shape index (κ2) is 6.18. The Morgan fingerprint density at radius 2 is 1.94 bits per heavy atom. The first-order valence-electron chi connectivity index (χ1n) is 5.38. The minimum absolute atomic E-state index is 0.0417. The first-order valence-corrected chi connectivity index (χ1v) is 5.38. The highest BCUT2D eigenvalue weighted by Crippen LogP contribution is 2.14. The molecule has 0 spiro atoms. The molecular weight excluding hydrogens is 228 g/mol. The minimum Gasteiger partial charge on any atom is -0.435 e. The van der Waals surface area contributed by atoms with Gasteiger partial charge in [-0.05, 0) is 37.6 Å². The third kappa shape index (κ3) is 4.38. The van der Waals surface area contributed by atoms with E-state index in [4.69, 9.17) is 0 Å². The Morgan fingerprint density at radius 3 is 2.41 bits per heavy atom. The Bertz CT molecular complexity index is 365. The zero-order valence-electron chi connectivity index (χ0n) is 9.74. The molecule has 0 saturated heterocycles. The van der Waals surface area contributed by atoms with Crippen molar-refractivity contribution in [2.45, 2.75) is 32.9 Å². The summed E-state index contributed by atoms with van der Waals surface area (Å²) in [5.74, 6) is -0.178. The molecule has 1 amide bonds. The van der Waals surface area contributed by atoms with Gasteiger partial charge in [-0.1, -0.05) is 6.92 Å². The molecule has 0 bridgehead atoms. The number of hydrogen-bond donors (Lipinski definition) is 1.